The third kappa shape index (κ3) is 3.73. The zero-order valence-corrected chi connectivity index (χ0v) is 15.6. The van der Waals surface area contributed by atoms with Crippen LogP contribution in [-0.2, 0) is 0 Å². The van der Waals surface area contributed by atoms with Crippen molar-refractivity contribution in [2.24, 2.45) is 0 Å². The quantitative estimate of drug-likeness (QED) is 0.608. The second-order valence-corrected chi connectivity index (χ2v) is 8.52. The zero-order valence-electron chi connectivity index (χ0n) is 11.6. The van der Waals surface area contributed by atoms with Gasteiger partial charge in [-0.1, -0.05) is 19.1 Å². The second-order valence-electron chi connectivity index (χ2n) is 4.77. The predicted octanol–water partition coefficient (Wildman–Crippen LogP) is 5.95. The summed E-state index contributed by atoms with van der Waals surface area (Å²) in [6.07, 6.45) is 0.912. The average molecular weight is 439 g/mol. The fraction of sp³-hybridized carbons (Fsp3) is 0.333. The standard InChI is InChI=1S/C15H15Br2F2NS/c1-3-6-20-14(10-7-11(16)21-15(10)17)9-5-4-8(2)12(18)13(9)19/h4-5,7,14,20H,3,6H2,1-2H3. The maximum Gasteiger partial charge on any atom is 0.164 e. The first-order valence-corrected chi connectivity index (χ1v) is 8.98. The number of hydrogen-bond acceptors (Lipinski definition) is 2. The number of halogens is 4. The van der Waals surface area contributed by atoms with Crippen LogP contribution in [0.1, 0.15) is 36.1 Å². The Balaban J connectivity index is 2.50. The van der Waals surface area contributed by atoms with Crippen LogP contribution in [0.25, 0.3) is 0 Å². The topological polar surface area (TPSA) is 12.0 Å². The van der Waals surface area contributed by atoms with Crippen molar-refractivity contribution in [2.75, 3.05) is 6.54 Å². The first kappa shape index (κ1) is 17.1. The van der Waals surface area contributed by atoms with E-state index in [0.717, 1.165) is 26.1 Å². The minimum atomic E-state index is -0.780. The van der Waals surface area contributed by atoms with E-state index in [1.54, 1.807) is 19.1 Å². The molecule has 0 fully saturated rings. The van der Waals surface area contributed by atoms with Crippen molar-refractivity contribution in [1.82, 2.24) is 5.32 Å². The van der Waals surface area contributed by atoms with Gasteiger partial charge >= 0.3 is 0 Å². The number of thiophene rings is 1. The molecule has 1 N–H and O–H groups in total. The summed E-state index contributed by atoms with van der Waals surface area (Å²) in [5, 5.41) is 3.29. The maximum atomic E-state index is 14.3. The molecule has 1 atom stereocenters. The molecular formula is C15H15Br2F2NS. The van der Waals surface area contributed by atoms with E-state index in [1.807, 2.05) is 13.0 Å². The van der Waals surface area contributed by atoms with Crippen LogP contribution in [0.5, 0.6) is 0 Å². The fourth-order valence-electron chi connectivity index (χ4n) is 2.11. The van der Waals surface area contributed by atoms with Crippen LogP contribution in [0, 0.1) is 18.6 Å². The van der Waals surface area contributed by atoms with Crippen molar-refractivity contribution < 1.29 is 8.78 Å². The Morgan fingerprint density at radius 1 is 1.19 bits per heavy atom. The van der Waals surface area contributed by atoms with Crippen LogP contribution < -0.4 is 5.32 Å². The highest BCUT2D eigenvalue weighted by Crippen LogP contribution is 2.38. The Morgan fingerprint density at radius 2 is 1.90 bits per heavy atom. The average Bonchev–Trinajstić information content (AvgIpc) is 2.77. The lowest BCUT2D eigenvalue weighted by Crippen LogP contribution is -2.24. The largest absolute Gasteiger partial charge is 0.306 e. The molecule has 21 heavy (non-hydrogen) atoms. The van der Waals surface area contributed by atoms with Crippen LogP contribution in [0.2, 0.25) is 0 Å². The van der Waals surface area contributed by atoms with Crippen LogP contribution in [0.3, 0.4) is 0 Å². The number of benzene rings is 1. The first-order valence-electron chi connectivity index (χ1n) is 6.58. The van der Waals surface area contributed by atoms with Crippen molar-refractivity contribution >= 4 is 43.2 Å². The molecule has 6 heteroatoms. The molecule has 1 heterocycles. The minimum absolute atomic E-state index is 0.316. The highest BCUT2D eigenvalue weighted by molar-refractivity contribution is 9.12. The summed E-state index contributed by atoms with van der Waals surface area (Å²) in [7, 11) is 0. The molecule has 0 radical (unpaired) electrons. The lowest BCUT2D eigenvalue weighted by Gasteiger charge is -2.20. The fourth-order valence-corrected chi connectivity index (χ4v) is 5.01. The van der Waals surface area contributed by atoms with Crippen molar-refractivity contribution in [1.29, 1.82) is 0 Å². The molecule has 0 saturated carbocycles. The Morgan fingerprint density at radius 3 is 2.48 bits per heavy atom. The van der Waals surface area contributed by atoms with E-state index < -0.39 is 11.6 Å². The van der Waals surface area contributed by atoms with E-state index in [4.69, 9.17) is 0 Å². The van der Waals surface area contributed by atoms with Gasteiger partial charge in [0.2, 0.25) is 0 Å². The molecule has 1 aromatic carbocycles. The molecule has 114 valence electrons. The molecule has 0 saturated heterocycles. The van der Waals surface area contributed by atoms with Gasteiger partial charge in [0.05, 0.1) is 13.6 Å². The van der Waals surface area contributed by atoms with Gasteiger partial charge in [0.15, 0.2) is 11.6 Å². The molecule has 0 bridgehead atoms. The monoisotopic (exact) mass is 437 g/mol. The maximum absolute atomic E-state index is 14.3. The molecule has 1 unspecified atom stereocenters. The van der Waals surface area contributed by atoms with Gasteiger partial charge in [-0.25, -0.2) is 8.78 Å². The smallest absolute Gasteiger partial charge is 0.164 e. The predicted molar refractivity (Wildman–Crippen MR) is 91.0 cm³/mol. The molecule has 1 aromatic heterocycles. The minimum Gasteiger partial charge on any atom is -0.306 e. The molecule has 0 amide bonds. The summed E-state index contributed by atoms with van der Waals surface area (Å²) < 4.78 is 30.1. The number of rotatable bonds is 5. The SMILES string of the molecule is CCCNC(c1cc(Br)sc1Br)c1ccc(C)c(F)c1F. The third-order valence-electron chi connectivity index (χ3n) is 3.21. The Bertz CT molecular complexity index is 643. The zero-order chi connectivity index (χ0) is 15.6. The molecular weight excluding hydrogens is 424 g/mol. The summed E-state index contributed by atoms with van der Waals surface area (Å²) in [4.78, 5) is 0. The third-order valence-corrected chi connectivity index (χ3v) is 5.59. The van der Waals surface area contributed by atoms with Crippen LogP contribution in [0.15, 0.2) is 25.8 Å². The van der Waals surface area contributed by atoms with E-state index in [1.165, 1.54) is 11.3 Å². The molecule has 1 nitrogen and oxygen atoms in total. The molecule has 0 aliphatic rings. The van der Waals surface area contributed by atoms with E-state index >= 15 is 0 Å². The van der Waals surface area contributed by atoms with Gasteiger partial charge in [0, 0.05) is 5.56 Å². The number of aryl methyl sites for hydroxylation is 1. The number of hydrogen-bond donors (Lipinski definition) is 1. The second kappa shape index (κ2) is 7.31. The van der Waals surface area contributed by atoms with E-state index in [2.05, 4.69) is 37.2 Å². The lowest BCUT2D eigenvalue weighted by molar-refractivity contribution is 0.476. The lowest BCUT2D eigenvalue weighted by atomic mass is 9.99. The summed E-state index contributed by atoms with van der Waals surface area (Å²) in [5.41, 5.74) is 1.55. The van der Waals surface area contributed by atoms with E-state index in [0.29, 0.717) is 11.1 Å². The van der Waals surface area contributed by atoms with Crippen LogP contribution in [0.4, 0.5) is 8.78 Å². The van der Waals surface area contributed by atoms with Gasteiger partial charge < -0.3 is 5.32 Å². The van der Waals surface area contributed by atoms with Crippen molar-refractivity contribution in [2.45, 2.75) is 26.3 Å². The van der Waals surface area contributed by atoms with Gasteiger partial charge in [-0.05, 0) is 68.9 Å². The summed E-state index contributed by atoms with van der Waals surface area (Å²) in [5.74, 6) is -1.56. The van der Waals surface area contributed by atoms with Gasteiger partial charge in [-0.3, -0.25) is 0 Å². The van der Waals surface area contributed by atoms with Gasteiger partial charge in [0.25, 0.3) is 0 Å². The van der Waals surface area contributed by atoms with Crippen molar-refractivity contribution in [3.8, 4) is 0 Å². The van der Waals surface area contributed by atoms with E-state index in [9.17, 15) is 8.78 Å². The molecule has 2 rings (SSSR count). The van der Waals surface area contributed by atoms with Gasteiger partial charge in [-0.15, -0.1) is 11.3 Å². The Kier molecular flexibility index (Phi) is 5.94. The Labute approximate surface area is 144 Å². The van der Waals surface area contributed by atoms with E-state index in [-0.39, 0.29) is 6.04 Å². The van der Waals surface area contributed by atoms with Gasteiger partial charge in [-0.2, -0.15) is 0 Å². The highest BCUT2D eigenvalue weighted by Gasteiger charge is 2.24. The summed E-state index contributed by atoms with van der Waals surface area (Å²) >= 11 is 8.44. The Hall–Kier alpha value is -0.300. The molecule has 2 aromatic rings. The molecule has 0 spiro atoms. The number of nitrogens with one attached hydrogen (secondary N) is 1. The first-order chi connectivity index (χ1) is 9.95. The van der Waals surface area contributed by atoms with Crippen LogP contribution in [-0.4, -0.2) is 6.54 Å². The van der Waals surface area contributed by atoms with Crippen molar-refractivity contribution in [3.05, 3.63) is 54.1 Å². The highest BCUT2D eigenvalue weighted by atomic mass is 79.9. The summed E-state index contributed by atoms with van der Waals surface area (Å²) in [6, 6.07) is 4.82. The van der Waals surface area contributed by atoms with Crippen molar-refractivity contribution in [3.63, 3.8) is 0 Å². The summed E-state index contributed by atoms with van der Waals surface area (Å²) in [6.45, 7) is 4.32. The normalized spacial score (nSPS) is 12.7. The molecule has 0 aliphatic carbocycles. The van der Waals surface area contributed by atoms with Gasteiger partial charge in [0.1, 0.15) is 0 Å². The molecule has 0 aliphatic heterocycles. The van der Waals surface area contributed by atoms with Crippen LogP contribution >= 0.6 is 43.2 Å².